The number of hydrogen-bond acceptors (Lipinski definition) is 7. The van der Waals surface area contributed by atoms with Gasteiger partial charge in [0.05, 0.1) is 27.7 Å². The second-order valence-corrected chi connectivity index (χ2v) is 6.77. The monoisotopic (exact) mass is 397 g/mol. The number of nitrogens with one attached hydrogen (secondary N) is 1. The quantitative estimate of drug-likeness (QED) is 0.655. The topological polar surface area (TPSA) is 123 Å². The summed E-state index contributed by atoms with van der Waals surface area (Å²) < 4.78 is 1.58. The highest BCUT2D eigenvalue weighted by Crippen LogP contribution is 2.23. The molecule has 3 aromatic rings. The molecule has 0 fully saturated rings. The first-order valence-corrected chi connectivity index (χ1v) is 9.23. The van der Waals surface area contributed by atoms with Crippen molar-refractivity contribution < 1.29 is 0 Å². The van der Waals surface area contributed by atoms with Gasteiger partial charge in [0.25, 0.3) is 5.56 Å². The molecule has 0 aliphatic rings. The number of hydrogen-bond donors (Lipinski definition) is 2. The Kier molecular flexibility index (Phi) is 5.87. The second kappa shape index (κ2) is 8.33. The van der Waals surface area contributed by atoms with E-state index in [1.165, 1.54) is 6.33 Å². The number of aromatic nitrogens is 4. The van der Waals surface area contributed by atoms with Crippen molar-refractivity contribution in [3.63, 3.8) is 0 Å². The lowest BCUT2D eigenvalue weighted by atomic mass is 10.2. The molecule has 9 heteroatoms. The Labute approximate surface area is 167 Å². The lowest BCUT2D eigenvalue weighted by molar-refractivity contribution is 0.570. The van der Waals surface area contributed by atoms with Gasteiger partial charge in [-0.1, -0.05) is 17.7 Å². The van der Waals surface area contributed by atoms with Gasteiger partial charge in [-0.25, -0.2) is 15.0 Å². The fourth-order valence-corrected chi connectivity index (χ4v) is 3.27. The molecule has 2 heterocycles. The molecule has 0 saturated heterocycles. The summed E-state index contributed by atoms with van der Waals surface area (Å²) in [5.74, 6) is 0.918. The van der Waals surface area contributed by atoms with E-state index in [1.807, 2.05) is 6.92 Å². The number of benzene rings is 1. The molecule has 3 rings (SSSR count). The number of anilines is 1. The van der Waals surface area contributed by atoms with Crippen molar-refractivity contribution in [3.05, 3.63) is 57.0 Å². The third kappa shape index (κ3) is 3.67. The van der Waals surface area contributed by atoms with Crippen molar-refractivity contribution in [1.29, 1.82) is 5.26 Å². The van der Waals surface area contributed by atoms with Crippen LogP contribution < -0.4 is 16.6 Å². The summed E-state index contributed by atoms with van der Waals surface area (Å²) in [5.41, 5.74) is 6.88. The van der Waals surface area contributed by atoms with Crippen LogP contribution in [-0.2, 0) is 6.54 Å². The van der Waals surface area contributed by atoms with E-state index < -0.39 is 6.04 Å². The molecule has 28 heavy (non-hydrogen) atoms. The van der Waals surface area contributed by atoms with Crippen LogP contribution in [0.3, 0.4) is 0 Å². The van der Waals surface area contributed by atoms with E-state index >= 15 is 0 Å². The van der Waals surface area contributed by atoms with Gasteiger partial charge in [0.1, 0.15) is 29.6 Å². The summed E-state index contributed by atoms with van der Waals surface area (Å²) in [7, 11) is 0. The number of rotatable bonds is 6. The zero-order valence-electron chi connectivity index (χ0n) is 15.6. The predicted octanol–water partition coefficient (Wildman–Crippen LogP) is 2.54. The first-order valence-electron chi connectivity index (χ1n) is 8.85. The van der Waals surface area contributed by atoms with E-state index in [2.05, 4.69) is 26.3 Å². The Morgan fingerprint density at radius 1 is 1.39 bits per heavy atom. The number of aryl methyl sites for hydroxylation is 1. The van der Waals surface area contributed by atoms with Crippen LogP contribution in [0.2, 0.25) is 5.02 Å². The zero-order valence-corrected chi connectivity index (χ0v) is 16.4. The van der Waals surface area contributed by atoms with E-state index in [1.54, 1.807) is 29.7 Å². The van der Waals surface area contributed by atoms with Gasteiger partial charge >= 0.3 is 0 Å². The standard InChI is InChI=1S/C19H20ClN7O/c1-11-13(9-22)17(24-10-23-11)25-12(2)18-26-15-6-3-5-14(20)16(15)19(28)27(18)8-4-7-21/h3,5-6,10,12H,4,7-8,21H2,1-2H3,(H,23,24,25). The maximum Gasteiger partial charge on any atom is 0.262 e. The summed E-state index contributed by atoms with van der Waals surface area (Å²) in [6, 6.07) is 6.89. The van der Waals surface area contributed by atoms with E-state index in [-0.39, 0.29) is 5.56 Å². The highest BCUT2D eigenvalue weighted by atomic mass is 35.5. The van der Waals surface area contributed by atoms with Gasteiger partial charge < -0.3 is 11.1 Å². The number of nitrogens with zero attached hydrogens (tertiary/aromatic N) is 5. The summed E-state index contributed by atoms with van der Waals surface area (Å²) in [5, 5.41) is 13.3. The predicted molar refractivity (Wildman–Crippen MR) is 108 cm³/mol. The molecule has 0 aliphatic heterocycles. The van der Waals surface area contributed by atoms with E-state index in [4.69, 9.17) is 17.3 Å². The molecule has 0 spiro atoms. The van der Waals surface area contributed by atoms with Crippen LogP contribution in [0, 0.1) is 18.3 Å². The van der Waals surface area contributed by atoms with Gasteiger partial charge in [0.2, 0.25) is 0 Å². The number of nitrogens with two attached hydrogens (primary N) is 1. The van der Waals surface area contributed by atoms with Crippen LogP contribution in [0.15, 0.2) is 29.3 Å². The average molecular weight is 398 g/mol. The molecular formula is C19H20ClN7O. The van der Waals surface area contributed by atoms with E-state index in [9.17, 15) is 10.1 Å². The van der Waals surface area contributed by atoms with Gasteiger partial charge in [-0.2, -0.15) is 5.26 Å². The fourth-order valence-electron chi connectivity index (χ4n) is 3.02. The maximum atomic E-state index is 13.1. The Hall–Kier alpha value is -3.02. The minimum atomic E-state index is -0.393. The van der Waals surface area contributed by atoms with Gasteiger partial charge in [0.15, 0.2) is 0 Å². The van der Waals surface area contributed by atoms with E-state index in [0.717, 1.165) is 0 Å². The Bertz CT molecular complexity index is 1120. The molecule has 1 aromatic carbocycles. The van der Waals surface area contributed by atoms with Crippen LogP contribution in [0.4, 0.5) is 5.82 Å². The number of halogens is 1. The molecule has 8 nitrogen and oxygen atoms in total. The molecule has 0 bridgehead atoms. The fraction of sp³-hybridized carbons (Fsp3) is 0.316. The normalized spacial score (nSPS) is 12.0. The summed E-state index contributed by atoms with van der Waals surface area (Å²) in [6.07, 6.45) is 2.01. The first-order chi connectivity index (χ1) is 13.5. The third-order valence-corrected chi connectivity index (χ3v) is 4.75. The lowest BCUT2D eigenvalue weighted by Gasteiger charge is -2.20. The Morgan fingerprint density at radius 2 is 2.18 bits per heavy atom. The largest absolute Gasteiger partial charge is 0.359 e. The minimum absolute atomic E-state index is 0.216. The van der Waals surface area contributed by atoms with Crippen molar-refractivity contribution in [2.45, 2.75) is 32.9 Å². The van der Waals surface area contributed by atoms with Crippen LogP contribution in [-0.4, -0.2) is 26.1 Å². The van der Waals surface area contributed by atoms with Crippen LogP contribution in [0.5, 0.6) is 0 Å². The van der Waals surface area contributed by atoms with Crippen molar-refractivity contribution >= 4 is 28.3 Å². The number of nitriles is 1. The molecule has 1 atom stereocenters. The molecule has 0 aliphatic carbocycles. The van der Waals surface area contributed by atoms with Crippen molar-refractivity contribution in [2.24, 2.45) is 5.73 Å². The molecular weight excluding hydrogens is 378 g/mol. The Morgan fingerprint density at radius 3 is 2.89 bits per heavy atom. The summed E-state index contributed by atoms with van der Waals surface area (Å²) >= 11 is 6.24. The SMILES string of the molecule is Cc1ncnc(NC(C)c2nc3cccc(Cl)c3c(=O)n2CCCN)c1C#N. The number of fused-ring (bicyclic) bond motifs is 1. The Balaban J connectivity index is 2.12. The van der Waals surface area contributed by atoms with Crippen molar-refractivity contribution in [3.8, 4) is 6.07 Å². The van der Waals surface area contributed by atoms with E-state index in [0.29, 0.717) is 58.3 Å². The lowest BCUT2D eigenvalue weighted by Crippen LogP contribution is -2.29. The van der Waals surface area contributed by atoms with Crippen molar-refractivity contribution in [2.75, 3.05) is 11.9 Å². The van der Waals surface area contributed by atoms with Crippen LogP contribution in [0.1, 0.15) is 36.5 Å². The molecule has 0 saturated carbocycles. The molecule has 2 aromatic heterocycles. The summed E-state index contributed by atoms with van der Waals surface area (Å²) in [6.45, 7) is 4.45. The molecule has 144 valence electrons. The molecule has 1 unspecified atom stereocenters. The van der Waals surface area contributed by atoms with Gasteiger partial charge in [-0.3, -0.25) is 9.36 Å². The second-order valence-electron chi connectivity index (χ2n) is 6.36. The highest BCUT2D eigenvalue weighted by molar-refractivity contribution is 6.35. The molecule has 0 radical (unpaired) electrons. The smallest absolute Gasteiger partial charge is 0.262 e. The highest BCUT2D eigenvalue weighted by Gasteiger charge is 2.19. The zero-order chi connectivity index (χ0) is 20.3. The minimum Gasteiger partial charge on any atom is -0.359 e. The van der Waals surface area contributed by atoms with Crippen LogP contribution in [0.25, 0.3) is 10.9 Å². The maximum absolute atomic E-state index is 13.1. The molecule has 3 N–H and O–H groups in total. The van der Waals surface area contributed by atoms with Crippen LogP contribution >= 0.6 is 11.6 Å². The third-order valence-electron chi connectivity index (χ3n) is 4.44. The van der Waals surface area contributed by atoms with Gasteiger partial charge in [-0.15, -0.1) is 0 Å². The van der Waals surface area contributed by atoms with Gasteiger partial charge in [0, 0.05) is 6.54 Å². The first kappa shape index (κ1) is 19.7. The van der Waals surface area contributed by atoms with Crippen molar-refractivity contribution in [1.82, 2.24) is 19.5 Å². The molecule has 0 amide bonds. The van der Waals surface area contributed by atoms with Gasteiger partial charge in [-0.05, 0) is 38.9 Å². The summed E-state index contributed by atoms with van der Waals surface area (Å²) in [4.78, 5) is 26.0. The average Bonchev–Trinajstić information content (AvgIpc) is 2.67.